The number of hydrogen-bond donors (Lipinski definition) is 1. The van der Waals surface area contributed by atoms with Crippen molar-refractivity contribution >= 4 is 0 Å². The van der Waals surface area contributed by atoms with Gasteiger partial charge in [-0.05, 0) is 37.6 Å². The molecule has 0 radical (unpaired) electrons. The first kappa shape index (κ1) is 17.9. The minimum atomic E-state index is 0.402. The minimum Gasteiger partial charge on any atom is -0.377 e. The first-order valence-corrected chi connectivity index (χ1v) is 8.62. The van der Waals surface area contributed by atoms with E-state index >= 15 is 0 Å². The third-order valence-corrected chi connectivity index (χ3v) is 4.88. The lowest BCUT2D eigenvalue weighted by Crippen LogP contribution is -2.46. The van der Waals surface area contributed by atoms with Crippen molar-refractivity contribution in [1.82, 2.24) is 10.2 Å². The van der Waals surface area contributed by atoms with Crippen molar-refractivity contribution in [3.63, 3.8) is 0 Å². The summed E-state index contributed by atoms with van der Waals surface area (Å²) in [6, 6.07) is 0.570. The zero-order valence-electron chi connectivity index (χ0n) is 14.4. The number of likely N-dealkylation sites (N-methyl/N-ethyl adjacent to an activating group) is 1. The summed E-state index contributed by atoms with van der Waals surface area (Å²) in [5.41, 5.74) is 0.402. The Labute approximate surface area is 126 Å². The van der Waals surface area contributed by atoms with Gasteiger partial charge in [-0.1, -0.05) is 34.6 Å². The Balaban J connectivity index is 2.55. The molecule has 1 fully saturated rings. The van der Waals surface area contributed by atoms with Crippen molar-refractivity contribution in [2.75, 3.05) is 32.8 Å². The molecule has 1 N–H and O–H groups in total. The number of ether oxygens (including phenoxy) is 1. The average Bonchev–Trinajstić information content (AvgIpc) is 2.95. The standard InChI is InChI=1S/C17H36N2O/c1-6-17(7-2,13-18-15(4)5)14-19(8-3)12-16-10-9-11-20-16/h15-16,18H,6-14H2,1-5H3. The van der Waals surface area contributed by atoms with Crippen LogP contribution in [-0.4, -0.2) is 49.8 Å². The number of rotatable bonds is 10. The molecule has 1 saturated heterocycles. The maximum atomic E-state index is 5.81. The molecule has 0 aromatic heterocycles. The predicted molar refractivity (Wildman–Crippen MR) is 87.2 cm³/mol. The molecule has 1 unspecified atom stereocenters. The van der Waals surface area contributed by atoms with Crippen LogP contribution in [0.15, 0.2) is 0 Å². The Hall–Kier alpha value is -0.120. The Morgan fingerprint density at radius 2 is 1.95 bits per heavy atom. The number of nitrogens with one attached hydrogen (secondary N) is 1. The zero-order valence-corrected chi connectivity index (χ0v) is 14.4. The second kappa shape index (κ2) is 9.01. The van der Waals surface area contributed by atoms with Crippen LogP contribution >= 0.6 is 0 Å². The summed E-state index contributed by atoms with van der Waals surface area (Å²) in [6.45, 7) is 16.9. The van der Waals surface area contributed by atoms with E-state index in [9.17, 15) is 0 Å². The normalized spacial score (nSPS) is 20.2. The largest absolute Gasteiger partial charge is 0.377 e. The third kappa shape index (κ3) is 5.71. The van der Waals surface area contributed by atoms with Crippen LogP contribution in [0.1, 0.15) is 60.3 Å². The predicted octanol–water partition coefficient (Wildman–Crippen LogP) is 3.29. The van der Waals surface area contributed by atoms with Crippen molar-refractivity contribution in [2.45, 2.75) is 72.4 Å². The van der Waals surface area contributed by atoms with Crippen LogP contribution in [0.25, 0.3) is 0 Å². The monoisotopic (exact) mass is 284 g/mol. The summed E-state index contributed by atoms with van der Waals surface area (Å²) in [7, 11) is 0. The van der Waals surface area contributed by atoms with Crippen molar-refractivity contribution in [1.29, 1.82) is 0 Å². The van der Waals surface area contributed by atoms with Crippen molar-refractivity contribution in [2.24, 2.45) is 5.41 Å². The van der Waals surface area contributed by atoms with Crippen molar-refractivity contribution < 1.29 is 4.74 Å². The first-order chi connectivity index (χ1) is 9.55. The molecule has 0 aromatic carbocycles. The lowest BCUT2D eigenvalue weighted by molar-refractivity contribution is 0.0525. The maximum Gasteiger partial charge on any atom is 0.0702 e. The number of nitrogens with zero attached hydrogens (tertiary/aromatic N) is 1. The number of hydrogen-bond acceptors (Lipinski definition) is 3. The Kier molecular flexibility index (Phi) is 8.08. The fourth-order valence-corrected chi connectivity index (χ4v) is 3.06. The van der Waals surface area contributed by atoms with E-state index in [1.54, 1.807) is 0 Å². The van der Waals surface area contributed by atoms with Gasteiger partial charge in [0.2, 0.25) is 0 Å². The van der Waals surface area contributed by atoms with E-state index in [0.29, 0.717) is 17.6 Å². The summed E-state index contributed by atoms with van der Waals surface area (Å²) in [4.78, 5) is 2.60. The second-order valence-corrected chi connectivity index (χ2v) is 6.71. The lowest BCUT2D eigenvalue weighted by Gasteiger charge is -2.38. The van der Waals surface area contributed by atoms with Gasteiger partial charge in [0.15, 0.2) is 0 Å². The Morgan fingerprint density at radius 1 is 1.25 bits per heavy atom. The van der Waals surface area contributed by atoms with Crippen LogP contribution in [0.3, 0.4) is 0 Å². The average molecular weight is 284 g/mol. The van der Waals surface area contributed by atoms with Gasteiger partial charge in [0, 0.05) is 32.3 Å². The van der Waals surface area contributed by atoms with Crippen LogP contribution in [-0.2, 0) is 4.74 Å². The molecular weight excluding hydrogens is 248 g/mol. The van der Waals surface area contributed by atoms with Crippen LogP contribution in [0, 0.1) is 5.41 Å². The molecule has 0 aromatic rings. The molecule has 3 nitrogen and oxygen atoms in total. The summed E-state index contributed by atoms with van der Waals surface area (Å²) in [5, 5.41) is 3.65. The van der Waals surface area contributed by atoms with Crippen LogP contribution < -0.4 is 5.32 Å². The van der Waals surface area contributed by atoms with Gasteiger partial charge in [0.1, 0.15) is 0 Å². The van der Waals surface area contributed by atoms with Crippen LogP contribution in [0.5, 0.6) is 0 Å². The molecule has 1 heterocycles. The van der Waals surface area contributed by atoms with E-state index in [2.05, 4.69) is 44.8 Å². The topological polar surface area (TPSA) is 24.5 Å². The summed E-state index contributed by atoms with van der Waals surface area (Å²) >= 11 is 0. The fraction of sp³-hybridized carbons (Fsp3) is 1.00. The second-order valence-electron chi connectivity index (χ2n) is 6.71. The molecule has 3 heteroatoms. The van der Waals surface area contributed by atoms with E-state index in [4.69, 9.17) is 4.74 Å². The molecule has 1 aliphatic heterocycles. The van der Waals surface area contributed by atoms with E-state index in [1.807, 2.05) is 0 Å². The third-order valence-electron chi connectivity index (χ3n) is 4.88. The minimum absolute atomic E-state index is 0.402. The lowest BCUT2D eigenvalue weighted by atomic mass is 9.81. The van der Waals surface area contributed by atoms with Crippen LogP contribution in [0.2, 0.25) is 0 Å². The summed E-state index contributed by atoms with van der Waals surface area (Å²) in [6.07, 6.45) is 5.44. The molecule has 0 saturated carbocycles. The van der Waals surface area contributed by atoms with Gasteiger partial charge in [-0.25, -0.2) is 0 Å². The zero-order chi connectivity index (χ0) is 15.0. The Morgan fingerprint density at radius 3 is 2.40 bits per heavy atom. The van der Waals surface area contributed by atoms with Gasteiger partial charge < -0.3 is 15.0 Å². The fourth-order valence-electron chi connectivity index (χ4n) is 3.06. The van der Waals surface area contributed by atoms with Gasteiger partial charge in [-0.3, -0.25) is 0 Å². The molecule has 0 spiro atoms. The van der Waals surface area contributed by atoms with E-state index in [-0.39, 0.29) is 0 Å². The highest BCUT2D eigenvalue weighted by molar-refractivity contribution is 4.84. The smallest absolute Gasteiger partial charge is 0.0702 e. The van der Waals surface area contributed by atoms with E-state index < -0.39 is 0 Å². The highest BCUT2D eigenvalue weighted by Gasteiger charge is 2.30. The quantitative estimate of drug-likeness (QED) is 0.666. The molecular formula is C17H36N2O. The maximum absolute atomic E-state index is 5.81. The molecule has 0 aliphatic carbocycles. The molecule has 120 valence electrons. The Bertz CT molecular complexity index is 245. The molecule has 0 amide bonds. The van der Waals surface area contributed by atoms with Crippen LogP contribution in [0.4, 0.5) is 0 Å². The van der Waals surface area contributed by atoms with Crippen molar-refractivity contribution in [3.05, 3.63) is 0 Å². The SMILES string of the molecule is CCN(CC1CCCO1)CC(CC)(CC)CNC(C)C. The van der Waals surface area contributed by atoms with E-state index in [1.165, 1.54) is 32.2 Å². The molecule has 1 atom stereocenters. The van der Waals surface area contributed by atoms with E-state index in [0.717, 1.165) is 26.2 Å². The highest BCUT2D eigenvalue weighted by atomic mass is 16.5. The van der Waals surface area contributed by atoms with Gasteiger partial charge in [-0.15, -0.1) is 0 Å². The van der Waals surface area contributed by atoms with Gasteiger partial charge in [0.25, 0.3) is 0 Å². The molecule has 1 aliphatic rings. The molecule has 1 rings (SSSR count). The van der Waals surface area contributed by atoms with Gasteiger partial charge in [0.05, 0.1) is 6.10 Å². The van der Waals surface area contributed by atoms with Gasteiger partial charge in [-0.2, -0.15) is 0 Å². The molecule has 0 bridgehead atoms. The highest BCUT2D eigenvalue weighted by Crippen LogP contribution is 2.28. The summed E-state index contributed by atoms with van der Waals surface area (Å²) in [5.74, 6) is 0. The summed E-state index contributed by atoms with van der Waals surface area (Å²) < 4.78 is 5.81. The first-order valence-electron chi connectivity index (χ1n) is 8.62. The van der Waals surface area contributed by atoms with Gasteiger partial charge >= 0.3 is 0 Å². The van der Waals surface area contributed by atoms with Crippen molar-refractivity contribution in [3.8, 4) is 0 Å². The molecule has 20 heavy (non-hydrogen) atoms.